The monoisotopic (exact) mass is 468 g/mol. The van der Waals surface area contributed by atoms with Crippen molar-refractivity contribution in [3.05, 3.63) is 53.7 Å². The maximum Gasteiger partial charge on any atom is 0.222 e. The van der Waals surface area contributed by atoms with Crippen LogP contribution in [0.25, 0.3) is 11.4 Å². The zero-order valence-electron chi connectivity index (χ0n) is 20.0. The first-order valence-electron chi connectivity index (χ1n) is 11.1. The molecule has 2 aromatic carbocycles. The number of aliphatic hydroxyl groups is 1. The smallest absolute Gasteiger partial charge is 0.222 e. The number of aromatic amines is 1. The predicted octanol–water partition coefficient (Wildman–Crippen LogP) is 2.93. The highest BCUT2D eigenvalue weighted by atomic mass is 16.5. The molecule has 0 saturated carbocycles. The summed E-state index contributed by atoms with van der Waals surface area (Å²) in [6.07, 6.45) is 0.156. The van der Waals surface area contributed by atoms with Gasteiger partial charge in [-0.2, -0.15) is 0 Å². The van der Waals surface area contributed by atoms with Gasteiger partial charge in [0.25, 0.3) is 0 Å². The molecule has 34 heavy (non-hydrogen) atoms. The third-order valence-corrected chi connectivity index (χ3v) is 5.17. The Kier molecular flexibility index (Phi) is 8.89. The van der Waals surface area contributed by atoms with Gasteiger partial charge in [0.1, 0.15) is 24.3 Å². The van der Waals surface area contributed by atoms with E-state index in [0.717, 1.165) is 23.2 Å². The molecule has 1 aromatic heterocycles. The van der Waals surface area contributed by atoms with Crippen molar-refractivity contribution < 1.29 is 24.1 Å². The highest BCUT2D eigenvalue weighted by Crippen LogP contribution is 2.27. The summed E-state index contributed by atoms with van der Waals surface area (Å²) in [5.41, 5.74) is 2.77. The maximum absolute atomic E-state index is 11.3. The number of amides is 1. The van der Waals surface area contributed by atoms with Crippen molar-refractivity contribution in [2.24, 2.45) is 0 Å². The summed E-state index contributed by atoms with van der Waals surface area (Å²) in [5.74, 6) is 3.07. The summed E-state index contributed by atoms with van der Waals surface area (Å²) < 4.78 is 16.3. The van der Waals surface area contributed by atoms with E-state index in [-0.39, 0.29) is 12.5 Å². The molecule has 3 rings (SSSR count). The van der Waals surface area contributed by atoms with E-state index in [1.54, 1.807) is 14.2 Å². The van der Waals surface area contributed by atoms with Gasteiger partial charge in [-0.15, -0.1) is 0 Å². The second kappa shape index (κ2) is 12.1. The fourth-order valence-electron chi connectivity index (χ4n) is 3.38. The number of rotatable bonds is 12. The molecular weight excluding hydrogens is 436 g/mol. The largest absolute Gasteiger partial charge is 0.493 e. The molecule has 0 spiro atoms. The first kappa shape index (κ1) is 25.1. The first-order valence-corrected chi connectivity index (χ1v) is 11.1. The molecule has 1 atom stereocenters. The first-order chi connectivity index (χ1) is 16.4. The van der Waals surface area contributed by atoms with Gasteiger partial charge >= 0.3 is 0 Å². The zero-order chi connectivity index (χ0) is 24.5. The molecule has 0 fully saturated rings. The number of H-pyrrole nitrogens is 1. The van der Waals surface area contributed by atoms with Crippen molar-refractivity contribution >= 4 is 11.7 Å². The van der Waals surface area contributed by atoms with Gasteiger partial charge in [0.05, 0.1) is 19.9 Å². The third kappa shape index (κ3) is 6.97. The van der Waals surface area contributed by atoms with Gasteiger partial charge in [-0.3, -0.25) is 4.79 Å². The van der Waals surface area contributed by atoms with E-state index < -0.39 is 6.10 Å². The van der Waals surface area contributed by atoms with Crippen molar-refractivity contribution in [3.63, 3.8) is 0 Å². The summed E-state index contributed by atoms with van der Waals surface area (Å²) in [5, 5.41) is 16.2. The molecule has 1 unspecified atom stereocenters. The van der Waals surface area contributed by atoms with Crippen LogP contribution in [0.15, 0.2) is 42.5 Å². The number of nitrogens with zero attached hydrogens (tertiary/aromatic N) is 1. The summed E-state index contributed by atoms with van der Waals surface area (Å²) >= 11 is 0. The Morgan fingerprint density at radius 1 is 1.12 bits per heavy atom. The maximum atomic E-state index is 11.3. The number of imidazole rings is 1. The fourth-order valence-corrected chi connectivity index (χ4v) is 3.38. The molecule has 1 heterocycles. The molecule has 9 heteroatoms. The third-order valence-electron chi connectivity index (χ3n) is 5.17. The van der Waals surface area contributed by atoms with Crippen LogP contribution in [0, 0.1) is 6.92 Å². The minimum absolute atomic E-state index is 0.168. The Hall–Kier alpha value is -3.56. The minimum Gasteiger partial charge on any atom is -0.493 e. The number of carbonyl (C=O) groups is 1. The number of hydrogen-bond donors (Lipinski definition) is 4. The van der Waals surface area contributed by atoms with E-state index in [1.165, 1.54) is 6.92 Å². The van der Waals surface area contributed by atoms with Gasteiger partial charge in [-0.1, -0.05) is 6.07 Å². The topological polar surface area (TPSA) is 118 Å². The van der Waals surface area contributed by atoms with Crippen LogP contribution < -0.4 is 24.8 Å². The quantitative estimate of drug-likeness (QED) is 0.302. The molecule has 0 aliphatic carbocycles. The van der Waals surface area contributed by atoms with E-state index in [9.17, 15) is 9.90 Å². The average Bonchev–Trinajstić information content (AvgIpc) is 3.20. The van der Waals surface area contributed by atoms with E-state index >= 15 is 0 Å². The van der Waals surface area contributed by atoms with Gasteiger partial charge in [-0.25, -0.2) is 4.98 Å². The second-order valence-corrected chi connectivity index (χ2v) is 7.87. The van der Waals surface area contributed by atoms with Gasteiger partial charge < -0.3 is 34.9 Å². The lowest BCUT2D eigenvalue weighted by Crippen LogP contribution is -2.32. The number of hydrogen-bond acceptors (Lipinski definition) is 7. The normalized spacial score (nSPS) is 11.7. The molecule has 182 valence electrons. The van der Waals surface area contributed by atoms with Gasteiger partial charge in [-0.05, 0) is 61.9 Å². The Labute approximate surface area is 199 Å². The fraction of sp³-hybridized carbons (Fsp3) is 0.360. The molecule has 0 radical (unpaired) electrons. The number of anilines is 1. The molecule has 0 bridgehead atoms. The number of methoxy groups -OCH3 is 2. The lowest BCUT2D eigenvalue weighted by molar-refractivity contribution is -0.114. The molecule has 0 aliphatic heterocycles. The van der Waals surface area contributed by atoms with E-state index in [2.05, 4.69) is 20.6 Å². The van der Waals surface area contributed by atoms with Crippen molar-refractivity contribution in [2.45, 2.75) is 26.4 Å². The molecule has 9 nitrogen and oxygen atoms in total. The van der Waals surface area contributed by atoms with Crippen LogP contribution in [0.1, 0.15) is 18.2 Å². The summed E-state index contributed by atoms with van der Waals surface area (Å²) in [6.45, 7) is 4.60. The van der Waals surface area contributed by atoms with Crippen molar-refractivity contribution in [1.82, 2.24) is 15.3 Å². The van der Waals surface area contributed by atoms with Crippen molar-refractivity contribution in [1.29, 1.82) is 0 Å². The molecule has 1 amide bonds. The van der Waals surface area contributed by atoms with E-state index in [1.807, 2.05) is 49.4 Å². The molecular formula is C25H32N4O5. The molecule has 0 saturated heterocycles. The number of aliphatic hydroxyl groups excluding tert-OH is 1. The average molecular weight is 469 g/mol. The molecule has 4 N–H and O–H groups in total. The molecule has 0 aliphatic rings. The van der Waals surface area contributed by atoms with Gasteiger partial charge in [0, 0.05) is 19.0 Å². The number of benzene rings is 2. The zero-order valence-corrected chi connectivity index (χ0v) is 20.0. The van der Waals surface area contributed by atoms with Crippen molar-refractivity contribution in [2.75, 3.05) is 39.2 Å². The lowest BCUT2D eigenvalue weighted by atomic mass is 10.1. The highest BCUT2D eigenvalue weighted by Gasteiger charge is 2.11. The highest BCUT2D eigenvalue weighted by molar-refractivity contribution is 5.88. The van der Waals surface area contributed by atoms with Crippen LogP contribution in [0.5, 0.6) is 17.2 Å². The second-order valence-electron chi connectivity index (χ2n) is 7.87. The number of aryl methyl sites for hydroxylation is 1. The van der Waals surface area contributed by atoms with Crippen LogP contribution in [-0.2, 0) is 11.2 Å². The van der Waals surface area contributed by atoms with Crippen LogP contribution in [-0.4, -0.2) is 61.0 Å². The summed E-state index contributed by atoms with van der Waals surface area (Å²) in [4.78, 5) is 18.8. The Morgan fingerprint density at radius 2 is 1.85 bits per heavy atom. The predicted molar refractivity (Wildman–Crippen MR) is 131 cm³/mol. The summed E-state index contributed by atoms with van der Waals surface area (Å²) in [6, 6.07) is 13.2. The number of aromatic nitrogens is 2. The van der Waals surface area contributed by atoms with Crippen LogP contribution in [0.3, 0.4) is 0 Å². The van der Waals surface area contributed by atoms with Gasteiger partial charge in [0.2, 0.25) is 5.91 Å². The van der Waals surface area contributed by atoms with Crippen LogP contribution >= 0.6 is 0 Å². The van der Waals surface area contributed by atoms with E-state index in [4.69, 9.17) is 14.2 Å². The SMILES string of the molecule is COc1ccc(CCNCC(O)COc2ccc(-c3nc(NC(C)=O)c(C)[nH]3)cc2)cc1OC. The number of ether oxygens (including phenoxy) is 3. The van der Waals surface area contributed by atoms with Crippen LogP contribution in [0.4, 0.5) is 5.82 Å². The summed E-state index contributed by atoms with van der Waals surface area (Å²) in [7, 11) is 3.23. The standard InChI is InChI=1S/C25H32N4O5/c1-16-24(28-17(2)30)29-25(27-16)19-6-8-21(9-7-19)34-15-20(31)14-26-12-11-18-5-10-22(32-3)23(13-18)33-4/h5-10,13,20,26,31H,11-12,14-15H2,1-4H3,(H,27,29)(H,28,30). The lowest BCUT2D eigenvalue weighted by Gasteiger charge is -2.14. The van der Waals surface area contributed by atoms with Crippen molar-refractivity contribution in [3.8, 4) is 28.6 Å². The Balaban J connectivity index is 1.41. The number of nitrogens with one attached hydrogen (secondary N) is 3. The molecule has 3 aromatic rings. The number of carbonyl (C=O) groups excluding carboxylic acids is 1. The van der Waals surface area contributed by atoms with E-state index in [0.29, 0.717) is 42.0 Å². The Morgan fingerprint density at radius 3 is 2.53 bits per heavy atom. The van der Waals surface area contributed by atoms with Gasteiger partial charge in [0.15, 0.2) is 17.3 Å². The Bertz CT molecular complexity index is 1080. The van der Waals surface area contributed by atoms with Crippen LogP contribution in [0.2, 0.25) is 0 Å². The minimum atomic E-state index is -0.641.